The SMILES string of the molecule is O=c1[nH]cnc2cc(-c3c(F)cccc3Br)sc12. The molecule has 0 amide bonds. The van der Waals surface area contributed by atoms with E-state index < -0.39 is 0 Å². The summed E-state index contributed by atoms with van der Waals surface area (Å²) in [5, 5.41) is 0. The van der Waals surface area contributed by atoms with E-state index in [-0.39, 0.29) is 11.4 Å². The number of hydrogen-bond acceptors (Lipinski definition) is 3. The number of aromatic amines is 1. The van der Waals surface area contributed by atoms with Crippen LogP contribution >= 0.6 is 27.3 Å². The highest BCUT2D eigenvalue weighted by molar-refractivity contribution is 9.10. The van der Waals surface area contributed by atoms with E-state index >= 15 is 0 Å². The molecular weight excluding hydrogens is 319 g/mol. The largest absolute Gasteiger partial charge is 0.312 e. The molecule has 0 fully saturated rings. The standard InChI is InChI=1S/C12H6BrFN2OS/c13-6-2-1-3-7(14)10(6)9-4-8-11(18-9)12(17)16-5-15-8/h1-5H,(H,15,16,17). The van der Waals surface area contributed by atoms with Gasteiger partial charge in [-0.2, -0.15) is 0 Å². The van der Waals surface area contributed by atoms with E-state index in [1.54, 1.807) is 18.2 Å². The molecule has 3 aromatic rings. The van der Waals surface area contributed by atoms with Crippen LogP contribution in [0.25, 0.3) is 20.7 Å². The Morgan fingerprint density at radius 3 is 2.94 bits per heavy atom. The van der Waals surface area contributed by atoms with Crippen molar-refractivity contribution in [1.82, 2.24) is 9.97 Å². The maximum atomic E-state index is 13.8. The number of nitrogens with zero attached hydrogens (tertiary/aromatic N) is 1. The predicted molar refractivity (Wildman–Crippen MR) is 73.3 cm³/mol. The zero-order valence-electron chi connectivity index (χ0n) is 8.91. The van der Waals surface area contributed by atoms with Gasteiger partial charge in [-0.3, -0.25) is 4.79 Å². The first-order chi connectivity index (χ1) is 8.66. The Balaban J connectivity index is 2.33. The highest BCUT2D eigenvalue weighted by Gasteiger charge is 2.14. The van der Waals surface area contributed by atoms with Crippen LogP contribution in [0, 0.1) is 5.82 Å². The molecule has 6 heteroatoms. The summed E-state index contributed by atoms with van der Waals surface area (Å²) in [5.41, 5.74) is 0.831. The molecule has 0 aliphatic heterocycles. The van der Waals surface area contributed by atoms with Crippen LogP contribution in [-0.4, -0.2) is 9.97 Å². The van der Waals surface area contributed by atoms with E-state index in [9.17, 15) is 9.18 Å². The third-order valence-corrected chi connectivity index (χ3v) is 4.33. The Kier molecular flexibility index (Phi) is 2.76. The quantitative estimate of drug-likeness (QED) is 0.744. The average molecular weight is 325 g/mol. The second kappa shape index (κ2) is 4.29. The minimum absolute atomic E-state index is 0.205. The summed E-state index contributed by atoms with van der Waals surface area (Å²) in [6, 6.07) is 6.50. The molecule has 0 aliphatic rings. The molecule has 0 atom stereocenters. The van der Waals surface area contributed by atoms with E-state index in [0.29, 0.717) is 25.1 Å². The van der Waals surface area contributed by atoms with Crippen molar-refractivity contribution in [1.29, 1.82) is 0 Å². The summed E-state index contributed by atoms with van der Waals surface area (Å²) in [6.07, 6.45) is 1.34. The number of rotatable bonds is 1. The van der Waals surface area contributed by atoms with E-state index in [1.165, 1.54) is 23.7 Å². The van der Waals surface area contributed by atoms with Gasteiger partial charge in [0.25, 0.3) is 5.56 Å². The maximum absolute atomic E-state index is 13.8. The summed E-state index contributed by atoms with van der Waals surface area (Å²) < 4.78 is 15.0. The molecule has 0 radical (unpaired) electrons. The van der Waals surface area contributed by atoms with Crippen molar-refractivity contribution in [2.24, 2.45) is 0 Å². The molecule has 0 saturated heterocycles. The average Bonchev–Trinajstić information content (AvgIpc) is 2.74. The molecule has 0 spiro atoms. The van der Waals surface area contributed by atoms with Crippen LogP contribution in [0.2, 0.25) is 0 Å². The van der Waals surface area contributed by atoms with Crippen LogP contribution in [0.3, 0.4) is 0 Å². The molecule has 1 N–H and O–H groups in total. The first-order valence-corrected chi connectivity index (χ1v) is 6.69. The monoisotopic (exact) mass is 324 g/mol. The summed E-state index contributed by atoms with van der Waals surface area (Å²) >= 11 is 4.55. The maximum Gasteiger partial charge on any atom is 0.268 e. The lowest BCUT2D eigenvalue weighted by Crippen LogP contribution is -2.02. The topological polar surface area (TPSA) is 45.8 Å². The number of H-pyrrole nitrogens is 1. The zero-order valence-corrected chi connectivity index (χ0v) is 11.3. The van der Waals surface area contributed by atoms with Gasteiger partial charge in [-0.25, -0.2) is 9.37 Å². The fourth-order valence-electron chi connectivity index (χ4n) is 1.72. The number of hydrogen-bond donors (Lipinski definition) is 1. The molecule has 2 heterocycles. The molecule has 0 unspecified atom stereocenters. The molecule has 3 rings (SSSR count). The second-order valence-corrected chi connectivity index (χ2v) is 5.56. The number of benzene rings is 1. The molecule has 3 nitrogen and oxygen atoms in total. The number of thiophene rings is 1. The number of halogens is 2. The molecule has 0 saturated carbocycles. The third-order valence-electron chi connectivity index (χ3n) is 2.53. The lowest BCUT2D eigenvalue weighted by molar-refractivity contribution is 0.631. The fraction of sp³-hybridized carbons (Fsp3) is 0. The molecule has 18 heavy (non-hydrogen) atoms. The van der Waals surface area contributed by atoms with Gasteiger partial charge in [-0.1, -0.05) is 22.0 Å². The van der Waals surface area contributed by atoms with Crippen LogP contribution in [0.4, 0.5) is 4.39 Å². The van der Waals surface area contributed by atoms with E-state index in [4.69, 9.17) is 0 Å². The van der Waals surface area contributed by atoms with Crippen molar-refractivity contribution >= 4 is 37.5 Å². The van der Waals surface area contributed by atoms with Crippen molar-refractivity contribution < 1.29 is 4.39 Å². The van der Waals surface area contributed by atoms with Crippen LogP contribution in [0.1, 0.15) is 0 Å². The Hall–Kier alpha value is -1.53. The van der Waals surface area contributed by atoms with Crippen LogP contribution < -0.4 is 5.56 Å². The minimum atomic E-state index is -0.327. The summed E-state index contributed by atoms with van der Waals surface area (Å²) in [6.45, 7) is 0. The number of aromatic nitrogens is 2. The fourth-order valence-corrected chi connectivity index (χ4v) is 3.48. The Labute approximate surface area is 113 Å². The number of fused-ring (bicyclic) bond motifs is 1. The minimum Gasteiger partial charge on any atom is -0.312 e. The van der Waals surface area contributed by atoms with Crippen LogP contribution in [-0.2, 0) is 0 Å². The molecule has 1 aromatic carbocycles. The predicted octanol–water partition coefficient (Wildman–Crippen LogP) is 3.55. The lowest BCUT2D eigenvalue weighted by Gasteiger charge is -2.01. The normalized spacial score (nSPS) is 11.0. The van der Waals surface area contributed by atoms with E-state index in [2.05, 4.69) is 25.9 Å². The van der Waals surface area contributed by atoms with Gasteiger partial charge in [0, 0.05) is 14.9 Å². The molecular formula is C12H6BrFN2OS. The highest BCUT2D eigenvalue weighted by atomic mass is 79.9. The zero-order chi connectivity index (χ0) is 12.7. The van der Waals surface area contributed by atoms with Crippen molar-refractivity contribution in [3.63, 3.8) is 0 Å². The van der Waals surface area contributed by atoms with Gasteiger partial charge >= 0.3 is 0 Å². The summed E-state index contributed by atoms with van der Waals surface area (Å²) in [4.78, 5) is 18.9. The second-order valence-electron chi connectivity index (χ2n) is 3.65. The van der Waals surface area contributed by atoms with Gasteiger partial charge in [-0.05, 0) is 18.2 Å². The Morgan fingerprint density at radius 2 is 2.22 bits per heavy atom. The molecule has 2 aromatic heterocycles. The van der Waals surface area contributed by atoms with Gasteiger partial charge in [0.2, 0.25) is 0 Å². The van der Waals surface area contributed by atoms with Crippen LogP contribution in [0.15, 0.2) is 39.9 Å². The molecule has 0 aliphatic carbocycles. The van der Waals surface area contributed by atoms with Gasteiger partial charge in [-0.15, -0.1) is 11.3 Å². The Bertz CT molecular complexity index is 776. The van der Waals surface area contributed by atoms with Gasteiger partial charge in [0.05, 0.1) is 11.8 Å². The first-order valence-electron chi connectivity index (χ1n) is 5.08. The summed E-state index contributed by atoms with van der Waals surface area (Å²) in [7, 11) is 0. The molecule has 90 valence electrons. The van der Waals surface area contributed by atoms with Crippen molar-refractivity contribution in [2.45, 2.75) is 0 Å². The smallest absolute Gasteiger partial charge is 0.268 e. The first kappa shape index (κ1) is 11.6. The van der Waals surface area contributed by atoms with E-state index in [0.717, 1.165) is 0 Å². The van der Waals surface area contributed by atoms with Crippen molar-refractivity contribution in [2.75, 3.05) is 0 Å². The summed E-state index contributed by atoms with van der Waals surface area (Å²) in [5.74, 6) is -0.327. The van der Waals surface area contributed by atoms with E-state index in [1.807, 2.05) is 0 Å². The molecule has 0 bridgehead atoms. The van der Waals surface area contributed by atoms with Crippen LogP contribution in [0.5, 0.6) is 0 Å². The Morgan fingerprint density at radius 1 is 1.39 bits per heavy atom. The highest BCUT2D eigenvalue weighted by Crippen LogP contribution is 2.36. The number of nitrogens with one attached hydrogen (secondary N) is 1. The van der Waals surface area contributed by atoms with Crippen molar-refractivity contribution in [3.8, 4) is 10.4 Å². The van der Waals surface area contributed by atoms with Gasteiger partial charge < -0.3 is 4.98 Å². The van der Waals surface area contributed by atoms with Gasteiger partial charge in [0.1, 0.15) is 10.5 Å². The third kappa shape index (κ3) is 1.77. The van der Waals surface area contributed by atoms with Crippen molar-refractivity contribution in [3.05, 3.63) is 51.2 Å². The van der Waals surface area contributed by atoms with Gasteiger partial charge in [0.15, 0.2) is 0 Å². The lowest BCUT2D eigenvalue weighted by atomic mass is 10.2.